The fraction of sp³-hybridized carbons (Fsp3) is 0.250. The fourth-order valence-electron chi connectivity index (χ4n) is 5.98. The molecule has 0 atom stereocenters. The van der Waals surface area contributed by atoms with E-state index in [1.165, 1.54) is 88.3 Å². The summed E-state index contributed by atoms with van der Waals surface area (Å²) in [5.74, 6) is 0. The maximum absolute atomic E-state index is 4.93. The van der Waals surface area contributed by atoms with E-state index in [4.69, 9.17) is 17.0 Å². The molecule has 0 aliphatic heterocycles. The van der Waals surface area contributed by atoms with Gasteiger partial charge in [0, 0.05) is 9.52 Å². The fourth-order valence-corrected chi connectivity index (χ4v) is 5.98. The van der Waals surface area contributed by atoms with Crippen LogP contribution in [-0.2, 0) is 20.8 Å². The molecule has 0 saturated carbocycles. The Kier molecular flexibility index (Phi) is 13.9. The molecule has 6 rings (SSSR count). The molecule has 0 aromatic heterocycles. The second kappa shape index (κ2) is 16.9. The number of hydrogen-bond acceptors (Lipinski definition) is 0. The van der Waals surface area contributed by atoms with E-state index >= 15 is 0 Å². The number of rotatable bonds is 2. The number of fused-ring (bicyclic) bond motifs is 2. The van der Waals surface area contributed by atoms with Gasteiger partial charge in [0.05, 0.1) is 0 Å². The van der Waals surface area contributed by atoms with Crippen LogP contribution in [0.15, 0.2) is 84.9 Å². The van der Waals surface area contributed by atoms with Gasteiger partial charge in [-0.3, -0.25) is 0 Å². The van der Waals surface area contributed by atoms with Crippen LogP contribution in [0.3, 0.4) is 0 Å². The van der Waals surface area contributed by atoms with Crippen molar-refractivity contribution in [2.45, 2.75) is 68.5 Å². The molecular weight excluding hydrogens is 671 g/mol. The Labute approximate surface area is 287 Å². The van der Waals surface area contributed by atoms with E-state index in [9.17, 15) is 0 Å². The van der Waals surface area contributed by atoms with E-state index in [1.807, 2.05) is 0 Å². The first kappa shape index (κ1) is 36.3. The van der Waals surface area contributed by atoms with E-state index in [0.717, 1.165) is 9.52 Å². The summed E-state index contributed by atoms with van der Waals surface area (Å²) in [6.45, 7) is 21.8. The zero-order valence-electron chi connectivity index (χ0n) is 27.8. The first-order valence-corrected chi connectivity index (χ1v) is 23.3. The molecule has 0 aliphatic rings. The summed E-state index contributed by atoms with van der Waals surface area (Å²) in [4.78, 5) is 0. The molecule has 0 nitrogen and oxygen atoms in total. The minimum absolute atomic E-state index is 0.826. The summed E-state index contributed by atoms with van der Waals surface area (Å²) in [6, 6.07) is 31.5. The van der Waals surface area contributed by atoms with Gasteiger partial charge in [0.25, 0.3) is 0 Å². The van der Waals surface area contributed by atoms with Crippen molar-refractivity contribution in [3.05, 3.63) is 129 Å². The molecule has 0 aliphatic carbocycles. The van der Waals surface area contributed by atoms with Gasteiger partial charge in [-0.2, -0.15) is 12.1 Å². The van der Waals surface area contributed by atoms with Gasteiger partial charge in [0.1, 0.15) is 0 Å². The van der Waals surface area contributed by atoms with Gasteiger partial charge in [-0.15, -0.1) is 69.1 Å². The van der Waals surface area contributed by atoms with Crippen LogP contribution in [0.5, 0.6) is 0 Å². The monoisotopic (exact) mass is 712 g/mol. The molecule has 0 fully saturated rings. The molecule has 44 heavy (non-hydrogen) atoms. The molecule has 226 valence electrons. The summed E-state index contributed by atoms with van der Waals surface area (Å²) in [7, 11) is 11.0. The van der Waals surface area contributed by atoms with Gasteiger partial charge in [-0.05, 0) is 63.8 Å². The zero-order chi connectivity index (χ0) is 32.6. The first-order chi connectivity index (χ1) is 20.9. The molecule has 0 unspecified atom stereocenters. The van der Waals surface area contributed by atoms with Crippen molar-refractivity contribution in [1.82, 2.24) is 0 Å². The standard InChI is InChI=1S/2C19H19.C2H6Si.2ClH.Zr/c2*1-12-5-8-17(15(4)9-12)19-14(3)6-7-16-10-13(2)11-18(16)19;1-3-2;;;/h2*5-11H,1-4H3;1-2H3;2*1H;/q2*-1;;;;+4/p-2. The number of aryl methyl sites for hydroxylation is 8. The number of benzene rings is 4. The number of hydrogen-bond donors (Lipinski definition) is 0. The van der Waals surface area contributed by atoms with Crippen LogP contribution in [0.25, 0.3) is 43.8 Å². The number of halogens is 2. The summed E-state index contributed by atoms with van der Waals surface area (Å²) in [6.07, 6.45) is 0. The van der Waals surface area contributed by atoms with E-state index in [2.05, 4.69) is 153 Å². The van der Waals surface area contributed by atoms with E-state index in [1.54, 1.807) is 0 Å². The Bertz CT molecular complexity index is 1700. The van der Waals surface area contributed by atoms with Gasteiger partial charge in [-0.1, -0.05) is 96.7 Å². The molecule has 0 amide bonds. The van der Waals surface area contributed by atoms with Crippen molar-refractivity contribution >= 4 is 48.1 Å². The van der Waals surface area contributed by atoms with Crippen LogP contribution >= 0.6 is 17.0 Å². The molecule has 2 radical (unpaired) electrons. The second-order valence-corrected chi connectivity index (χ2v) is 16.5. The van der Waals surface area contributed by atoms with E-state index < -0.39 is 20.8 Å². The molecule has 6 aromatic rings. The SMILES string of the molecule is C[Si]C.Cc1ccc(-c2c(C)ccc3[cH-]c(C)cc23)c(C)c1.Cc1ccc(-c2c(C)ccc3[cH-]c(C)cc23)c(C)c1.[Cl][Zr+2][Cl]. The van der Waals surface area contributed by atoms with Crippen molar-refractivity contribution in [2.24, 2.45) is 0 Å². The summed E-state index contributed by atoms with van der Waals surface area (Å²) in [5.41, 5.74) is 16.2. The Morgan fingerprint density at radius 1 is 0.500 bits per heavy atom. The van der Waals surface area contributed by atoms with Crippen LogP contribution < -0.4 is 0 Å². The topological polar surface area (TPSA) is 0 Å². The Balaban J connectivity index is 0.000000204. The van der Waals surface area contributed by atoms with E-state index in [0.29, 0.717) is 0 Å². The molecule has 0 spiro atoms. The summed E-state index contributed by atoms with van der Waals surface area (Å²) in [5, 5.41) is 5.45. The summed E-state index contributed by atoms with van der Waals surface area (Å²) < 4.78 is 0. The first-order valence-electron chi connectivity index (χ1n) is 15.0. The van der Waals surface area contributed by atoms with Crippen molar-refractivity contribution in [2.75, 3.05) is 0 Å². The normalized spacial score (nSPS) is 10.3. The van der Waals surface area contributed by atoms with Crippen molar-refractivity contribution < 1.29 is 20.8 Å². The predicted molar refractivity (Wildman–Crippen MR) is 197 cm³/mol. The Morgan fingerprint density at radius 3 is 1.16 bits per heavy atom. The van der Waals surface area contributed by atoms with Crippen LogP contribution in [0.2, 0.25) is 13.1 Å². The second-order valence-electron chi connectivity index (χ2n) is 11.8. The van der Waals surface area contributed by atoms with Gasteiger partial charge in [-0.25, -0.2) is 0 Å². The molecule has 0 heterocycles. The van der Waals surface area contributed by atoms with Gasteiger partial charge < -0.3 is 0 Å². The van der Waals surface area contributed by atoms with Crippen LogP contribution in [0, 0.1) is 55.4 Å². The molecule has 0 bridgehead atoms. The quantitative estimate of drug-likeness (QED) is 0.124. The Morgan fingerprint density at radius 2 is 0.841 bits per heavy atom. The molecule has 6 aromatic carbocycles. The van der Waals surface area contributed by atoms with Crippen LogP contribution in [-0.4, -0.2) is 9.52 Å². The van der Waals surface area contributed by atoms with Gasteiger partial charge >= 0.3 is 37.9 Å². The van der Waals surface area contributed by atoms with E-state index in [-0.39, 0.29) is 0 Å². The van der Waals surface area contributed by atoms with Crippen molar-refractivity contribution in [1.29, 1.82) is 0 Å². The van der Waals surface area contributed by atoms with Crippen LogP contribution in [0.1, 0.15) is 44.5 Å². The predicted octanol–water partition coefficient (Wildman–Crippen LogP) is 13.1. The average molecular weight is 715 g/mol. The molecule has 4 heteroatoms. The molecule has 0 saturated heterocycles. The third kappa shape index (κ3) is 8.95. The van der Waals surface area contributed by atoms with Crippen molar-refractivity contribution in [3.63, 3.8) is 0 Å². The molecular formula is C40H44Cl2SiZr. The zero-order valence-corrected chi connectivity index (χ0v) is 32.8. The average Bonchev–Trinajstić information content (AvgIpc) is 3.52. The van der Waals surface area contributed by atoms with Crippen molar-refractivity contribution in [3.8, 4) is 22.3 Å². The van der Waals surface area contributed by atoms with Crippen LogP contribution in [0.4, 0.5) is 0 Å². The van der Waals surface area contributed by atoms with Gasteiger partial charge in [0.2, 0.25) is 0 Å². The third-order valence-corrected chi connectivity index (χ3v) is 7.79. The third-order valence-electron chi connectivity index (χ3n) is 7.79. The summed E-state index contributed by atoms with van der Waals surface area (Å²) >= 11 is -0.826. The maximum atomic E-state index is 4.93. The minimum atomic E-state index is -0.826. The van der Waals surface area contributed by atoms with Gasteiger partial charge in [0.15, 0.2) is 0 Å². The Hall–Kier alpha value is -2.22. The molecule has 0 N–H and O–H groups in total.